The van der Waals surface area contributed by atoms with Crippen LogP contribution in [0.2, 0.25) is 0 Å². The smallest absolute Gasteiger partial charge is 0.299 e. The van der Waals surface area contributed by atoms with Crippen LogP contribution in [0.1, 0.15) is 5.56 Å². The Morgan fingerprint density at radius 2 is 2.21 bits per heavy atom. The molecule has 0 saturated heterocycles. The molecule has 2 rings (SSSR count). The van der Waals surface area contributed by atoms with Crippen molar-refractivity contribution in [1.29, 1.82) is 0 Å². The first-order valence-electron chi connectivity index (χ1n) is 4.00. The first kappa shape index (κ1) is 9.92. The summed E-state index contributed by atoms with van der Waals surface area (Å²) in [6.45, 7) is 0.835. The van der Waals surface area contributed by atoms with Crippen LogP contribution in [0.15, 0.2) is 15.0 Å². The molecule has 0 unspecified atom stereocenters. The van der Waals surface area contributed by atoms with Crippen LogP contribution in [0.3, 0.4) is 0 Å². The molecular formula is C8H6Br2N2O2. The number of halogens is 2. The molecule has 0 radical (unpaired) electrons. The second-order valence-corrected chi connectivity index (χ2v) is 4.64. The number of fused-ring (bicyclic) bond motifs is 1. The Kier molecular flexibility index (Phi) is 2.48. The van der Waals surface area contributed by atoms with Crippen LogP contribution < -0.4 is 5.32 Å². The van der Waals surface area contributed by atoms with E-state index in [0.717, 1.165) is 24.2 Å². The van der Waals surface area contributed by atoms with Crippen molar-refractivity contribution in [3.05, 3.63) is 30.7 Å². The third-order valence-corrected chi connectivity index (χ3v) is 3.53. The van der Waals surface area contributed by atoms with Gasteiger partial charge in [0.05, 0.1) is 15.1 Å². The second-order valence-electron chi connectivity index (χ2n) is 2.99. The van der Waals surface area contributed by atoms with E-state index in [-0.39, 0.29) is 5.69 Å². The molecule has 1 aliphatic heterocycles. The molecular weight excluding hydrogens is 316 g/mol. The number of nitro benzene ring substituents is 1. The van der Waals surface area contributed by atoms with Crippen molar-refractivity contribution in [1.82, 2.24) is 0 Å². The molecule has 1 heterocycles. The molecule has 0 bridgehead atoms. The summed E-state index contributed by atoms with van der Waals surface area (Å²) in [5, 5.41) is 13.9. The van der Waals surface area contributed by atoms with E-state index < -0.39 is 4.92 Å². The van der Waals surface area contributed by atoms with E-state index in [0.29, 0.717) is 8.95 Å². The number of rotatable bonds is 1. The first-order chi connectivity index (χ1) is 6.61. The standard InChI is InChI=1S/C8H6Br2N2O2/c9-5-3-4-1-2-11-7(4)6(10)8(5)12(13)14/h3,11H,1-2H2. The van der Waals surface area contributed by atoms with Gasteiger partial charge < -0.3 is 5.32 Å². The highest BCUT2D eigenvalue weighted by molar-refractivity contribution is 9.11. The average Bonchev–Trinajstić information content (AvgIpc) is 2.50. The number of benzene rings is 1. The Labute approximate surface area is 97.1 Å². The zero-order valence-electron chi connectivity index (χ0n) is 7.01. The van der Waals surface area contributed by atoms with Crippen LogP contribution in [-0.2, 0) is 6.42 Å². The summed E-state index contributed by atoms with van der Waals surface area (Å²) in [5.41, 5.74) is 2.03. The predicted octanol–water partition coefficient (Wildman–Crippen LogP) is 3.09. The summed E-state index contributed by atoms with van der Waals surface area (Å²) in [7, 11) is 0. The number of hydrogen-bond donors (Lipinski definition) is 1. The molecule has 0 aromatic heterocycles. The third kappa shape index (κ3) is 1.42. The van der Waals surface area contributed by atoms with E-state index in [1.165, 1.54) is 0 Å². The lowest BCUT2D eigenvalue weighted by Crippen LogP contribution is -1.96. The van der Waals surface area contributed by atoms with Gasteiger partial charge in [-0.25, -0.2) is 0 Å². The highest BCUT2D eigenvalue weighted by Crippen LogP contribution is 2.42. The summed E-state index contributed by atoms with van der Waals surface area (Å²) < 4.78 is 1.06. The van der Waals surface area contributed by atoms with Crippen LogP contribution in [0.4, 0.5) is 11.4 Å². The quantitative estimate of drug-likeness (QED) is 0.639. The fourth-order valence-electron chi connectivity index (χ4n) is 1.54. The van der Waals surface area contributed by atoms with Crippen LogP contribution in [-0.4, -0.2) is 11.5 Å². The predicted molar refractivity (Wildman–Crippen MR) is 60.7 cm³/mol. The van der Waals surface area contributed by atoms with Gasteiger partial charge in [-0.3, -0.25) is 10.1 Å². The number of nitro groups is 1. The van der Waals surface area contributed by atoms with Crippen LogP contribution in [0.25, 0.3) is 0 Å². The maximum absolute atomic E-state index is 10.8. The Bertz CT molecular complexity index is 420. The van der Waals surface area contributed by atoms with Crippen molar-refractivity contribution in [3.63, 3.8) is 0 Å². The molecule has 0 saturated carbocycles. The van der Waals surface area contributed by atoms with Gasteiger partial charge in [-0.2, -0.15) is 0 Å². The van der Waals surface area contributed by atoms with Crippen LogP contribution >= 0.6 is 31.9 Å². The van der Waals surface area contributed by atoms with E-state index >= 15 is 0 Å². The summed E-state index contributed by atoms with van der Waals surface area (Å²) in [5.74, 6) is 0. The number of nitrogens with one attached hydrogen (secondary N) is 1. The molecule has 0 fully saturated rings. The molecule has 0 aliphatic carbocycles. The van der Waals surface area contributed by atoms with Gasteiger partial charge in [0.2, 0.25) is 0 Å². The zero-order valence-corrected chi connectivity index (χ0v) is 10.2. The lowest BCUT2D eigenvalue weighted by atomic mass is 10.1. The molecule has 0 amide bonds. The van der Waals surface area contributed by atoms with Crippen molar-refractivity contribution in [3.8, 4) is 0 Å². The largest absolute Gasteiger partial charge is 0.383 e. The molecule has 1 aromatic rings. The second kappa shape index (κ2) is 3.51. The lowest BCUT2D eigenvalue weighted by molar-refractivity contribution is -0.386. The average molecular weight is 322 g/mol. The highest BCUT2D eigenvalue weighted by atomic mass is 79.9. The van der Waals surface area contributed by atoms with E-state index in [9.17, 15) is 10.1 Å². The number of nitrogens with zero attached hydrogens (tertiary/aromatic N) is 1. The minimum absolute atomic E-state index is 0.0816. The van der Waals surface area contributed by atoms with Crippen LogP contribution in [0.5, 0.6) is 0 Å². The Morgan fingerprint density at radius 3 is 2.86 bits per heavy atom. The molecule has 1 N–H and O–H groups in total. The molecule has 1 aliphatic rings. The van der Waals surface area contributed by atoms with E-state index in [2.05, 4.69) is 37.2 Å². The Morgan fingerprint density at radius 1 is 1.50 bits per heavy atom. The summed E-state index contributed by atoms with van der Waals surface area (Å²) in [4.78, 5) is 10.4. The van der Waals surface area contributed by atoms with Gasteiger partial charge in [0.15, 0.2) is 0 Å². The molecule has 14 heavy (non-hydrogen) atoms. The van der Waals surface area contributed by atoms with Gasteiger partial charge in [0.1, 0.15) is 4.47 Å². The first-order valence-corrected chi connectivity index (χ1v) is 5.59. The minimum atomic E-state index is -0.394. The van der Waals surface area contributed by atoms with Crippen molar-refractivity contribution in [2.45, 2.75) is 6.42 Å². The number of hydrogen-bond acceptors (Lipinski definition) is 3. The van der Waals surface area contributed by atoms with Gasteiger partial charge >= 0.3 is 0 Å². The Balaban J connectivity index is 2.68. The van der Waals surface area contributed by atoms with Crippen LogP contribution in [0, 0.1) is 10.1 Å². The van der Waals surface area contributed by atoms with Crippen molar-refractivity contribution in [2.75, 3.05) is 11.9 Å². The molecule has 4 nitrogen and oxygen atoms in total. The van der Waals surface area contributed by atoms with Gasteiger partial charge in [-0.1, -0.05) is 0 Å². The topological polar surface area (TPSA) is 55.2 Å². The number of anilines is 1. The normalized spacial score (nSPS) is 13.6. The fourth-order valence-corrected chi connectivity index (χ4v) is 3.17. The SMILES string of the molecule is O=[N+]([O-])c1c(Br)cc2c(c1Br)NCC2. The highest BCUT2D eigenvalue weighted by Gasteiger charge is 2.25. The Hall–Kier alpha value is -0.620. The molecule has 0 atom stereocenters. The van der Waals surface area contributed by atoms with Crippen molar-refractivity contribution >= 4 is 43.2 Å². The zero-order chi connectivity index (χ0) is 10.3. The minimum Gasteiger partial charge on any atom is -0.383 e. The fraction of sp³-hybridized carbons (Fsp3) is 0.250. The molecule has 6 heteroatoms. The summed E-state index contributed by atoms with van der Waals surface area (Å²) in [6.07, 6.45) is 0.907. The van der Waals surface area contributed by atoms with E-state index in [1.54, 1.807) is 6.07 Å². The van der Waals surface area contributed by atoms with E-state index in [4.69, 9.17) is 0 Å². The molecule has 1 aromatic carbocycles. The van der Waals surface area contributed by atoms with Gasteiger partial charge in [-0.15, -0.1) is 0 Å². The van der Waals surface area contributed by atoms with Gasteiger partial charge in [0, 0.05) is 6.54 Å². The van der Waals surface area contributed by atoms with Crippen molar-refractivity contribution in [2.24, 2.45) is 0 Å². The van der Waals surface area contributed by atoms with Gasteiger partial charge in [0.25, 0.3) is 5.69 Å². The van der Waals surface area contributed by atoms with Crippen molar-refractivity contribution < 1.29 is 4.92 Å². The molecule has 0 spiro atoms. The maximum Gasteiger partial charge on any atom is 0.299 e. The monoisotopic (exact) mass is 320 g/mol. The third-order valence-electron chi connectivity index (χ3n) is 2.15. The van der Waals surface area contributed by atoms with E-state index in [1.807, 2.05) is 0 Å². The lowest BCUT2D eigenvalue weighted by Gasteiger charge is -2.05. The maximum atomic E-state index is 10.8. The summed E-state index contributed by atoms with van der Waals surface area (Å²) in [6, 6.07) is 1.80. The van der Waals surface area contributed by atoms with Gasteiger partial charge in [-0.05, 0) is 49.9 Å². The summed E-state index contributed by atoms with van der Waals surface area (Å²) >= 11 is 6.45. The molecule has 74 valence electrons.